The lowest BCUT2D eigenvalue weighted by Crippen LogP contribution is -2.51. The second kappa shape index (κ2) is 7.24. The van der Waals surface area contributed by atoms with Gasteiger partial charge in [-0.2, -0.15) is 0 Å². The fourth-order valence-electron chi connectivity index (χ4n) is 2.00. The number of nitrogens with two attached hydrogens (primary N) is 1. The minimum atomic E-state index is 0.200. The molecule has 0 aromatic heterocycles. The average molecular weight is 214 g/mol. The highest BCUT2D eigenvalue weighted by Gasteiger charge is 2.26. The van der Waals surface area contributed by atoms with Crippen molar-refractivity contribution in [3.63, 3.8) is 0 Å². The van der Waals surface area contributed by atoms with Crippen LogP contribution in [0, 0.1) is 5.92 Å². The Hall–Kier alpha value is -0.0800. The zero-order valence-corrected chi connectivity index (χ0v) is 11.3. The monoisotopic (exact) mass is 214 g/mol. The summed E-state index contributed by atoms with van der Waals surface area (Å²) in [6.45, 7) is 14.4. The Bertz CT molecular complexity index is 151. The van der Waals surface area contributed by atoms with Crippen molar-refractivity contribution in [3.05, 3.63) is 0 Å². The highest BCUT2D eigenvalue weighted by molar-refractivity contribution is 4.85. The molecule has 0 aromatic carbocycles. The zero-order valence-electron chi connectivity index (χ0n) is 11.3. The highest BCUT2D eigenvalue weighted by atomic mass is 15.2. The van der Waals surface area contributed by atoms with Crippen molar-refractivity contribution >= 4 is 0 Å². The van der Waals surface area contributed by atoms with Crippen LogP contribution in [-0.2, 0) is 0 Å². The smallest absolute Gasteiger partial charge is 0.0300 e. The molecule has 0 aliphatic rings. The van der Waals surface area contributed by atoms with Gasteiger partial charge in [0.1, 0.15) is 0 Å². The average Bonchev–Trinajstić information content (AvgIpc) is 2.23. The molecule has 0 aliphatic heterocycles. The Morgan fingerprint density at radius 3 is 2.20 bits per heavy atom. The standard InChI is InChI=1S/C13H30N2/c1-6-13(5,11-14)15(7-2)10-8-9-12(3)4/h12H,6-11,14H2,1-5H3. The summed E-state index contributed by atoms with van der Waals surface area (Å²) in [7, 11) is 0. The minimum Gasteiger partial charge on any atom is -0.329 e. The van der Waals surface area contributed by atoms with E-state index in [0.29, 0.717) is 0 Å². The topological polar surface area (TPSA) is 29.3 Å². The van der Waals surface area contributed by atoms with E-state index < -0.39 is 0 Å². The first kappa shape index (κ1) is 14.9. The van der Waals surface area contributed by atoms with Crippen LogP contribution in [0.25, 0.3) is 0 Å². The molecule has 0 fully saturated rings. The minimum absolute atomic E-state index is 0.200. The maximum Gasteiger partial charge on any atom is 0.0300 e. The molecule has 0 aromatic rings. The Labute approximate surface area is 96.2 Å². The molecule has 2 nitrogen and oxygen atoms in total. The van der Waals surface area contributed by atoms with E-state index in [4.69, 9.17) is 5.73 Å². The molecule has 0 bridgehead atoms. The maximum absolute atomic E-state index is 5.88. The first-order chi connectivity index (χ1) is 7.00. The number of nitrogens with zero attached hydrogens (tertiary/aromatic N) is 1. The SMILES string of the molecule is CCN(CCCC(C)C)C(C)(CC)CN. The number of rotatable bonds is 8. The van der Waals surface area contributed by atoms with E-state index in [0.717, 1.165) is 25.4 Å². The number of hydrogen-bond acceptors (Lipinski definition) is 2. The fraction of sp³-hybridized carbons (Fsp3) is 1.00. The first-order valence-corrected chi connectivity index (χ1v) is 6.45. The van der Waals surface area contributed by atoms with Gasteiger partial charge in [-0.3, -0.25) is 4.90 Å². The molecule has 2 N–H and O–H groups in total. The van der Waals surface area contributed by atoms with Crippen LogP contribution < -0.4 is 5.73 Å². The molecular formula is C13H30N2. The van der Waals surface area contributed by atoms with E-state index in [1.165, 1.54) is 19.4 Å². The van der Waals surface area contributed by atoms with E-state index in [1.807, 2.05) is 0 Å². The van der Waals surface area contributed by atoms with Crippen molar-refractivity contribution in [1.29, 1.82) is 0 Å². The molecule has 0 amide bonds. The van der Waals surface area contributed by atoms with E-state index in [1.54, 1.807) is 0 Å². The quantitative estimate of drug-likeness (QED) is 0.673. The second-order valence-electron chi connectivity index (χ2n) is 5.17. The van der Waals surface area contributed by atoms with E-state index >= 15 is 0 Å². The van der Waals surface area contributed by atoms with Crippen LogP contribution in [0.1, 0.15) is 53.9 Å². The van der Waals surface area contributed by atoms with E-state index in [-0.39, 0.29) is 5.54 Å². The molecule has 1 unspecified atom stereocenters. The lowest BCUT2D eigenvalue weighted by Gasteiger charge is -2.39. The van der Waals surface area contributed by atoms with Crippen molar-refractivity contribution in [1.82, 2.24) is 4.90 Å². The number of likely N-dealkylation sites (N-methyl/N-ethyl adjacent to an activating group) is 1. The lowest BCUT2D eigenvalue weighted by molar-refractivity contribution is 0.109. The summed E-state index contributed by atoms with van der Waals surface area (Å²) in [6, 6.07) is 0. The highest BCUT2D eigenvalue weighted by Crippen LogP contribution is 2.19. The molecule has 92 valence electrons. The Balaban J connectivity index is 4.10. The van der Waals surface area contributed by atoms with Crippen LogP contribution in [-0.4, -0.2) is 30.1 Å². The summed E-state index contributed by atoms with van der Waals surface area (Å²) < 4.78 is 0. The summed E-state index contributed by atoms with van der Waals surface area (Å²) in [5.41, 5.74) is 6.08. The van der Waals surface area contributed by atoms with Gasteiger partial charge in [-0.1, -0.05) is 27.7 Å². The molecule has 1 atom stereocenters. The van der Waals surface area contributed by atoms with Crippen LogP contribution >= 0.6 is 0 Å². The molecule has 0 saturated carbocycles. The van der Waals surface area contributed by atoms with Gasteiger partial charge in [-0.25, -0.2) is 0 Å². The molecule has 0 spiro atoms. The Morgan fingerprint density at radius 2 is 1.87 bits per heavy atom. The van der Waals surface area contributed by atoms with Gasteiger partial charge in [-0.05, 0) is 45.2 Å². The van der Waals surface area contributed by atoms with Gasteiger partial charge in [0.25, 0.3) is 0 Å². The van der Waals surface area contributed by atoms with E-state index in [2.05, 4.69) is 39.5 Å². The first-order valence-electron chi connectivity index (χ1n) is 6.45. The van der Waals surface area contributed by atoms with Gasteiger partial charge in [0.2, 0.25) is 0 Å². The summed E-state index contributed by atoms with van der Waals surface area (Å²) >= 11 is 0. The van der Waals surface area contributed by atoms with Crippen molar-refractivity contribution in [3.8, 4) is 0 Å². The summed E-state index contributed by atoms with van der Waals surface area (Å²) in [5, 5.41) is 0. The van der Waals surface area contributed by atoms with Crippen LogP contribution in [0.4, 0.5) is 0 Å². The van der Waals surface area contributed by atoms with Crippen molar-refractivity contribution in [2.75, 3.05) is 19.6 Å². The molecule has 2 heteroatoms. The molecule has 0 rings (SSSR count). The van der Waals surface area contributed by atoms with Crippen LogP contribution in [0.3, 0.4) is 0 Å². The maximum atomic E-state index is 5.88. The Kier molecular flexibility index (Phi) is 7.20. The van der Waals surface area contributed by atoms with Crippen LogP contribution in [0.15, 0.2) is 0 Å². The summed E-state index contributed by atoms with van der Waals surface area (Å²) in [5.74, 6) is 0.814. The van der Waals surface area contributed by atoms with Crippen LogP contribution in [0.5, 0.6) is 0 Å². The van der Waals surface area contributed by atoms with Gasteiger partial charge >= 0.3 is 0 Å². The third-order valence-electron chi connectivity index (χ3n) is 3.56. The van der Waals surface area contributed by atoms with Gasteiger partial charge in [0, 0.05) is 12.1 Å². The Morgan fingerprint density at radius 1 is 1.27 bits per heavy atom. The predicted molar refractivity (Wildman–Crippen MR) is 69.1 cm³/mol. The summed E-state index contributed by atoms with van der Waals surface area (Å²) in [4.78, 5) is 2.54. The van der Waals surface area contributed by atoms with Crippen LogP contribution in [0.2, 0.25) is 0 Å². The second-order valence-corrected chi connectivity index (χ2v) is 5.17. The lowest BCUT2D eigenvalue weighted by atomic mass is 9.95. The van der Waals surface area contributed by atoms with Crippen molar-refractivity contribution in [2.24, 2.45) is 11.7 Å². The third kappa shape index (κ3) is 4.98. The fourth-order valence-corrected chi connectivity index (χ4v) is 2.00. The molecule has 0 heterocycles. The van der Waals surface area contributed by atoms with Gasteiger partial charge in [0.15, 0.2) is 0 Å². The van der Waals surface area contributed by atoms with Gasteiger partial charge in [0.05, 0.1) is 0 Å². The summed E-state index contributed by atoms with van der Waals surface area (Å²) in [6.07, 6.45) is 3.75. The van der Waals surface area contributed by atoms with Crippen molar-refractivity contribution in [2.45, 2.75) is 59.4 Å². The third-order valence-corrected chi connectivity index (χ3v) is 3.56. The molecule has 15 heavy (non-hydrogen) atoms. The largest absolute Gasteiger partial charge is 0.329 e. The molecule has 0 aliphatic carbocycles. The zero-order chi connectivity index (χ0) is 11.9. The van der Waals surface area contributed by atoms with Gasteiger partial charge < -0.3 is 5.73 Å². The van der Waals surface area contributed by atoms with Crippen molar-refractivity contribution < 1.29 is 0 Å². The number of hydrogen-bond donors (Lipinski definition) is 1. The molecule has 0 radical (unpaired) electrons. The normalized spacial score (nSPS) is 16.0. The molecule has 0 saturated heterocycles. The molecular weight excluding hydrogens is 184 g/mol. The van der Waals surface area contributed by atoms with E-state index in [9.17, 15) is 0 Å². The van der Waals surface area contributed by atoms with Gasteiger partial charge in [-0.15, -0.1) is 0 Å². The predicted octanol–water partition coefficient (Wildman–Crippen LogP) is 2.87.